The standard InChI is InChI=1S/C20H18ClN5O4S/c1-29-15-6-4-5-14(13-15)20-24-23-18-9-10-19(25-26(18)20)30-12-11-22-31(27,28)17-8-3-2-7-16(17)21/h2-10,13,22H,11-12H2,1H3. The molecule has 11 heteroatoms. The highest BCUT2D eigenvalue weighted by Crippen LogP contribution is 2.23. The molecule has 0 saturated heterocycles. The Balaban J connectivity index is 1.45. The van der Waals surface area contributed by atoms with Crippen molar-refractivity contribution in [3.05, 3.63) is 65.7 Å². The minimum atomic E-state index is -3.74. The summed E-state index contributed by atoms with van der Waals surface area (Å²) in [5.41, 5.74) is 1.33. The van der Waals surface area contributed by atoms with Crippen LogP contribution < -0.4 is 14.2 Å². The van der Waals surface area contributed by atoms with Gasteiger partial charge in [-0.3, -0.25) is 0 Å². The fraction of sp³-hybridized carbons (Fsp3) is 0.150. The third-order valence-electron chi connectivity index (χ3n) is 4.34. The minimum Gasteiger partial charge on any atom is -0.497 e. The van der Waals surface area contributed by atoms with E-state index in [-0.39, 0.29) is 23.1 Å². The van der Waals surface area contributed by atoms with E-state index >= 15 is 0 Å². The van der Waals surface area contributed by atoms with Gasteiger partial charge in [-0.2, -0.15) is 4.52 Å². The monoisotopic (exact) mass is 459 g/mol. The van der Waals surface area contributed by atoms with Gasteiger partial charge in [0.15, 0.2) is 11.5 Å². The maximum atomic E-state index is 12.4. The number of methoxy groups -OCH3 is 1. The molecule has 2 heterocycles. The molecular formula is C20H18ClN5O4S. The summed E-state index contributed by atoms with van der Waals surface area (Å²) in [6, 6.07) is 17.0. The van der Waals surface area contributed by atoms with Crippen LogP contribution in [0.1, 0.15) is 0 Å². The van der Waals surface area contributed by atoms with E-state index in [2.05, 4.69) is 20.0 Å². The molecule has 0 amide bonds. The van der Waals surface area contributed by atoms with Crippen LogP contribution in [0.2, 0.25) is 5.02 Å². The number of halogens is 1. The predicted molar refractivity (Wildman–Crippen MR) is 115 cm³/mol. The average molecular weight is 460 g/mol. The fourth-order valence-electron chi connectivity index (χ4n) is 2.86. The van der Waals surface area contributed by atoms with Crippen LogP contribution in [0.4, 0.5) is 0 Å². The number of fused-ring (bicyclic) bond motifs is 1. The number of sulfonamides is 1. The van der Waals surface area contributed by atoms with E-state index in [1.54, 1.807) is 35.9 Å². The Morgan fingerprint density at radius 3 is 2.71 bits per heavy atom. The molecule has 0 saturated carbocycles. The summed E-state index contributed by atoms with van der Waals surface area (Å²) < 4.78 is 39.6. The molecule has 0 aliphatic rings. The molecule has 4 rings (SSSR count). The Bertz CT molecular complexity index is 1330. The van der Waals surface area contributed by atoms with Gasteiger partial charge in [0.2, 0.25) is 15.9 Å². The largest absolute Gasteiger partial charge is 0.497 e. The van der Waals surface area contributed by atoms with Crippen LogP contribution in [0.5, 0.6) is 11.6 Å². The van der Waals surface area contributed by atoms with Crippen LogP contribution in [0.15, 0.2) is 65.6 Å². The van der Waals surface area contributed by atoms with Gasteiger partial charge in [-0.1, -0.05) is 35.9 Å². The molecule has 1 N–H and O–H groups in total. The minimum absolute atomic E-state index is 0.0173. The topological polar surface area (TPSA) is 108 Å². The average Bonchev–Trinajstić information content (AvgIpc) is 3.20. The predicted octanol–water partition coefficient (Wildman–Crippen LogP) is 2.81. The third kappa shape index (κ3) is 4.61. The second kappa shape index (κ2) is 8.88. The number of ether oxygens (including phenoxy) is 2. The molecule has 160 valence electrons. The Hall–Kier alpha value is -3.21. The van der Waals surface area contributed by atoms with Crippen LogP contribution in [0.25, 0.3) is 17.0 Å². The summed E-state index contributed by atoms with van der Waals surface area (Å²) in [5, 5.41) is 12.9. The molecule has 0 aliphatic carbocycles. The maximum Gasteiger partial charge on any atom is 0.242 e. The molecule has 2 aromatic heterocycles. The van der Waals surface area contributed by atoms with Crippen molar-refractivity contribution in [1.82, 2.24) is 24.5 Å². The zero-order valence-electron chi connectivity index (χ0n) is 16.4. The molecule has 4 aromatic rings. The number of aromatic nitrogens is 4. The van der Waals surface area contributed by atoms with Crippen molar-refractivity contribution in [1.29, 1.82) is 0 Å². The lowest BCUT2D eigenvalue weighted by atomic mass is 10.2. The second-order valence-electron chi connectivity index (χ2n) is 6.37. The molecule has 0 bridgehead atoms. The number of nitrogens with zero attached hydrogens (tertiary/aromatic N) is 4. The maximum absolute atomic E-state index is 12.4. The van der Waals surface area contributed by atoms with Crippen LogP contribution >= 0.6 is 11.6 Å². The van der Waals surface area contributed by atoms with Gasteiger partial charge in [-0.25, -0.2) is 13.1 Å². The van der Waals surface area contributed by atoms with Crippen molar-refractivity contribution in [2.75, 3.05) is 20.3 Å². The van der Waals surface area contributed by atoms with Crippen molar-refractivity contribution in [3.63, 3.8) is 0 Å². The second-order valence-corrected chi connectivity index (χ2v) is 8.52. The molecule has 0 unspecified atom stereocenters. The Morgan fingerprint density at radius 2 is 1.90 bits per heavy atom. The highest BCUT2D eigenvalue weighted by atomic mass is 35.5. The molecular weight excluding hydrogens is 442 g/mol. The summed E-state index contributed by atoms with van der Waals surface area (Å²) in [6.45, 7) is 0.108. The SMILES string of the molecule is COc1cccc(-c2nnc3ccc(OCCNS(=O)(=O)c4ccccc4Cl)nn23)c1. The molecule has 0 aliphatic heterocycles. The smallest absolute Gasteiger partial charge is 0.242 e. The highest BCUT2D eigenvalue weighted by Gasteiger charge is 2.17. The van der Waals surface area contributed by atoms with E-state index in [0.29, 0.717) is 23.1 Å². The van der Waals surface area contributed by atoms with Gasteiger partial charge < -0.3 is 9.47 Å². The number of rotatable bonds is 8. The van der Waals surface area contributed by atoms with E-state index in [1.165, 1.54) is 12.1 Å². The first-order valence-electron chi connectivity index (χ1n) is 9.22. The summed E-state index contributed by atoms with van der Waals surface area (Å²) in [5.74, 6) is 1.51. The first kappa shape index (κ1) is 21.0. The molecule has 31 heavy (non-hydrogen) atoms. The van der Waals surface area contributed by atoms with Gasteiger partial charge in [0.25, 0.3) is 0 Å². The number of hydrogen-bond acceptors (Lipinski definition) is 7. The summed E-state index contributed by atoms with van der Waals surface area (Å²) in [4.78, 5) is 0.0173. The van der Waals surface area contributed by atoms with Gasteiger partial charge in [-0.15, -0.1) is 15.3 Å². The summed E-state index contributed by atoms with van der Waals surface area (Å²) in [6.07, 6.45) is 0. The third-order valence-corrected chi connectivity index (χ3v) is 6.30. The molecule has 0 fully saturated rings. The number of hydrogen-bond donors (Lipinski definition) is 1. The van der Waals surface area contributed by atoms with E-state index in [4.69, 9.17) is 21.1 Å². The Labute approximate surface area is 183 Å². The molecule has 0 atom stereocenters. The van der Waals surface area contributed by atoms with E-state index < -0.39 is 10.0 Å². The summed E-state index contributed by atoms with van der Waals surface area (Å²) in [7, 11) is -2.15. The first-order chi connectivity index (χ1) is 15.0. The first-order valence-corrected chi connectivity index (χ1v) is 11.1. The quantitative estimate of drug-likeness (QED) is 0.403. The van der Waals surface area contributed by atoms with Crippen molar-refractivity contribution in [2.45, 2.75) is 4.90 Å². The molecule has 0 radical (unpaired) electrons. The molecule has 9 nitrogen and oxygen atoms in total. The van der Waals surface area contributed by atoms with Crippen molar-refractivity contribution >= 4 is 27.3 Å². The Morgan fingerprint density at radius 1 is 1.06 bits per heavy atom. The Kier molecular flexibility index (Phi) is 6.03. The van der Waals surface area contributed by atoms with Crippen LogP contribution in [0.3, 0.4) is 0 Å². The van der Waals surface area contributed by atoms with Crippen molar-refractivity contribution in [3.8, 4) is 23.0 Å². The number of benzene rings is 2. The lowest BCUT2D eigenvalue weighted by Gasteiger charge is -2.09. The lowest BCUT2D eigenvalue weighted by molar-refractivity contribution is 0.306. The zero-order chi connectivity index (χ0) is 21.8. The van der Waals surface area contributed by atoms with E-state index in [1.807, 2.05) is 24.3 Å². The van der Waals surface area contributed by atoms with Crippen molar-refractivity contribution < 1.29 is 17.9 Å². The number of nitrogens with one attached hydrogen (secondary N) is 1. The van der Waals surface area contributed by atoms with Gasteiger partial charge >= 0.3 is 0 Å². The summed E-state index contributed by atoms with van der Waals surface area (Å²) >= 11 is 5.96. The van der Waals surface area contributed by atoms with Crippen LogP contribution in [-0.4, -0.2) is 48.5 Å². The lowest BCUT2D eigenvalue weighted by Crippen LogP contribution is -2.28. The fourth-order valence-corrected chi connectivity index (χ4v) is 4.39. The molecule has 2 aromatic carbocycles. The van der Waals surface area contributed by atoms with Gasteiger partial charge in [0.1, 0.15) is 17.3 Å². The van der Waals surface area contributed by atoms with Crippen LogP contribution in [-0.2, 0) is 10.0 Å². The molecule has 0 spiro atoms. The normalized spacial score (nSPS) is 11.5. The highest BCUT2D eigenvalue weighted by molar-refractivity contribution is 7.89. The zero-order valence-corrected chi connectivity index (χ0v) is 18.0. The van der Waals surface area contributed by atoms with E-state index in [0.717, 1.165) is 5.56 Å². The van der Waals surface area contributed by atoms with Gasteiger partial charge in [0.05, 0.1) is 12.1 Å². The van der Waals surface area contributed by atoms with Crippen LogP contribution in [0, 0.1) is 0 Å². The van der Waals surface area contributed by atoms with Gasteiger partial charge in [-0.05, 0) is 30.3 Å². The van der Waals surface area contributed by atoms with Crippen molar-refractivity contribution in [2.24, 2.45) is 0 Å². The van der Waals surface area contributed by atoms with E-state index in [9.17, 15) is 8.42 Å². The van der Waals surface area contributed by atoms with Gasteiger partial charge in [0, 0.05) is 18.2 Å².